The van der Waals surface area contributed by atoms with E-state index >= 15 is 0 Å². The summed E-state index contributed by atoms with van der Waals surface area (Å²) >= 11 is 6.61. The van der Waals surface area contributed by atoms with Crippen molar-refractivity contribution < 1.29 is 14.7 Å². The smallest absolute Gasteiger partial charge is 0.266 e. The fraction of sp³-hybridized carbons (Fsp3) is 0.227. The first-order chi connectivity index (χ1) is 14.0. The van der Waals surface area contributed by atoms with Crippen LogP contribution in [0.1, 0.15) is 17.5 Å². The molecule has 0 saturated carbocycles. The standard InChI is InChI=1S/C22H22N2O3S2/c1-16-7-9-17(10-8-16)15-19-21(27)24(22(28)29-19)12-11-20(26)23(13-14-25)18-5-3-2-4-6-18/h2-10,15,25H,11-14H2,1H3. The predicted molar refractivity (Wildman–Crippen MR) is 122 cm³/mol. The zero-order chi connectivity index (χ0) is 20.8. The minimum atomic E-state index is -0.179. The van der Waals surface area contributed by atoms with Crippen LogP contribution in [-0.4, -0.2) is 45.8 Å². The lowest BCUT2D eigenvalue weighted by Gasteiger charge is -2.23. The molecule has 0 spiro atoms. The summed E-state index contributed by atoms with van der Waals surface area (Å²) in [6.45, 7) is 2.29. The molecule has 0 atom stereocenters. The van der Waals surface area contributed by atoms with Crippen LogP contribution in [0.5, 0.6) is 0 Å². The average molecular weight is 427 g/mol. The van der Waals surface area contributed by atoms with Gasteiger partial charge in [-0.05, 0) is 30.7 Å². The molecule has 3 rings (SSSR count). The number of anilines is 1. The van der Waals surface area contributed by atoms with E-state index in [9.17, 15) is 14.7 Å². The van der Waals surface area contributed by atoms with Crippen LogP contribution in [-0.2, 0) is 9.59 Å². The van der Waals surface area contributed by atoms with Gasteiger partial charge >= 0.3 is 0 Å². The second-order valence-corrected chi connectivity index (χ2v) is 8.27. The number of thiocarbonyl (C=S) groups is 1. The Morgan fingerprint density at radius 1 is 1.17 bits per heavy atom. The van der Waals surface area contributed by atoms with Gasteiger partial charge in [-0.15, -0.1) is 0 Å². The van der Waals surface area contributed by atoms with E-state index in [4.69, 9.17) is 12.2 Å². The van der Waals surface area contributed by atoms with E-state index in [1.54, 1.807) is 0 Å². The van der Waals surface area contributed by atoms with Crippen LogP contribution in [0.15, 0.2) is 59.5 Å². The van der Waals surface area contributed by atoms with Gasteiger partial charge in [-0.2, -0.15) is 0 Å². The topological polar surface area (TPSA) is 60.9 Å². The molecule has 0 bridgehead atoms. The largest absolute Gasteiger partial charge is 0.395 e. The summed E-state index contributed by atoms with van der Waals surface area (Å²) in [5, 5.41) is 9.31. The van der Waals surface area contributed by atoms with Gasteiger partial charge in [0.15, 0.2) is 0 Å². The van der Waals surface area contributed by atoms with Gasteiger partial charge in [0.05, 0.1) is 11.5 Å². The van der Waals surface area contributed by atoms with E-state index in [0.717, 1.165) is 16.8 Å². The first-order valence-electron chi connectivity index (χ1n) is 9.28. The maximum atomic E-state index is 12.7. The highest BCUT2D eigenvalue weighted by atomic mass is 32.2. The number of hydrogen-bond donors (Lipinski definition) is 1. The quantitative estimate of drug-likeness (QED) is 0.541. The number of nitrogens with zero attached hydrogens (tertiary/aromatic N) is 2. The van der Waals surface area contributed by atoms with E-state index in [-0.39, 0.29) is 37.9 Å². The van der Waals surface area contributed by atoms with E-state index in [1.807, 2.05) is 67.6 Å². The lowest BCUT2D eigenvalue weighted by molar-refractivity contribution is -0.123. The van der Waals surface area contributed by atoms with Crippen LogP contribution < -0.4 is 4.90 Å². The Labute approximate surface area is 180 Å². The SMILES string of the molecule is Cc1ccc(C=C2SC(=S)N(CCC(=O)N(CCO)c3ccccc3)C2=O)cc1. The summed E-state index contributed by atoms with van der Waals surface area (Å²) in [4.78, 5) is 29.0. The first kappa shape index (κ1) is 21.2. The summed E-state index contributed by atoms with van der Waals surface area (Å²) < 4.78 is 0.453. The summed E-state index contributed by atoms with van der Waals surface area (Å²) in [6, 6.07) is 17.1. The van der Waals surface area contributed by atoms with Gasteiger partial charge in [0.25, 0.3) is 5.91 Å². The molecule has 0 aliphatic carbocycles. The molecule has 1 saturated heterocycles. The van der Waals surface area contributed by atoms with E-state index in [0.29, 0.717) is 9.23 Å². The van der Waals surface area contributed by atoms with Crippen molar-refractivity contribution in [1.82, 2.24) is 4.90 Å². The number of thioether (sulfide) groups is 1. The number of aliphatic hydroxyl groups excluding tert-OH is 1. The molecule has 2 amide bonds. The van der Waals surface area contributed by atoms with Crippen LogP contribution in [0.3, 0.4) is 0 Å². The molecule has 29 heavy (non-hydrogen) atoms. The van der Waals surface area contributed by atoms with Gasteiger partial charge in [-0.3, -0.25) is 14.5 Å². The summed E-state index contributed by atoms with van der Waals surface area (Å²) in [6.07, 6.45) is 1.95. The fourth-order valence-electron chi connectivity index (χ4n) is 2.95. The molecule has 1 N–H and O–H groups in total. The number of aliphatic hydroxyl groups is 1. The normalized spacial score (nSPS) is 15.2. The van der Waals surface area contributed by atoms with Crippen molar-refractivity contribution >= 4 is 51.9 Å². The number of benzene rings is 2. The fourth-order valence-corrected chi connectivity index (χ4v) is 4.26. The number of carbonyl (C=O) groups is 2. The van der Waals surface area contributed by atoms with Crippen molar-refractivity contribution in [2.75, 3.05) is 24.6 Å². The Kier molecular flexibility index (Phi) is 7.19. The Hall–Kier alpha value is -2.48. The lowest BCUT2D eigenvalue weighted by atomic mass is 10.1. The molecular weight excluding hydrogens is 404 g/mol. The van der Waals surface area contributed by atoms with Gasteiger partial charge in [-0.1, -0.05) is 72.0 Å². The van der Waals surface area contributed by atoms with Crippen LogP contribution in [0.2, 0.25) is 0 Å². The molecule has 0 radical (unpaired) electrons. The van der Waals surface area contributed by atoms with Gasteiger partial charge in [0.1, 0.15) is 4.32 Å². The van der Waals surface area contributed by atoms with Crippen molar-refractivity contribution in [3.8, 4) is 0 Å². The zero-order valence-electron chi connectivity index (χ0n) is 16.1. The summed E-state index contributed by atoms with van der Waals surface area (Å²) in [5.41, 5.74) is 2.81. The molecule has 150 valence electrons. The van der Waals surface area contributed by atoms with Gasteiger partial charge in [0, 0.05) is 25.2 Å². The lowest BCUT2D eigenvalue weighted by Crippen LogP contribution is -2.37. The molecule has 2 aromatic rings. The maximum absolute atomic E-state index is 12.7. The molecule has 2 aromatic carbocycles. The number of rotatable bonds is 7. The third-order valence-electron chi connectivity index (χ3n) is 4.49. The first-order valence-corrected chi connectivity index (χ1v) is 10.5. The highest BCUT2D eigenvalue weighted by Gasteiger charge is 2.32. The number of hydrogen-bond acceptors (Lipinski definition) is 5. The third-order valence-corrected chi connectivity index (χ3v) is 5.87. The van der Waals surface area contributed by atoms with E-state index in [1.165, 1.54) is 21.6 Å². The Balaban J connectivity index is 1.66. The second-order valence-electron chi connectivity index (χ2n) is 6.60. The number of aryl methyl sites for hydroxylation is 1. The van der Waals surface area contributed by atoms with Crippen molar-refractivity contribution in [2.24, 2.45) is 0 Å². The van der Waals surface area contributed by atoms with Gasteiger partial charge in [0.2, 0.25) is 5.91 Å². The Bertz CT molecular complexity index is 927. The van der Waals surface area contributed by atoms with Crippen molar-refractivity contribution in [1.29, 1.82) is 0 Å². The minimum Gasteiger partial charge on any atom is -0.395 e. The molecule has 7 heteroatoms. The predicted octanol–water partition coefficient (Wildman–Crippen LogP) is 3.61. The Morgan fingerprint density at radius 3 is 2.52 bits per heavy atom. The molecular formula is C22H22N2O3S2. The molecule has 5 nitrogen and oxygen atoms in total. The monoisotopic (exact) mass is 426 g/mol. The number of amides is 2. The second kappa shape index (κ2) is 9.82. The maximum Gasteiger partial charge on any atom is 0.266 e. The summed E-state index contributed by atoms with van der Waals surface area (Å²) in [5.74, 6) is -0.344. The Morgan fingerprint density at radius 2 is 1.86 bits per heavy atom. The van der Waals surface area contributed by atoms with Crippen molar-refractivity contribution in [3.63, 3.8) is 0 Å². The number of carbonyl (C=O) groups excluding carboxylic acids is 2. The van der Waals surface area contributed by atoms with Crippen LogP contribution in [0, 0.1) is 6.92 Å². The van der Waals surface area contributed by atoms with Crippen molar-refractivity contribution in [3.05, 3.63) is 70.6 Å². The molecule has 1 heterocycles. The van der Waals surface area contributed by atoms with Crippen molar-refractivity contribution in [2.45, 2.75) is 13.3 Å². The highest BCUT2D eigenvalue weighted by molar-refractivity contribution is 8.26. The molecule has 1 fully saturated rings. The minimum absolute atomic E-state index is 0.124. The third kappa shape index (κ3) is 5.32. The van der Waals surface area contributed by atoms with Crippen LogP contribution in [0.4, 0.5) is 5.69 Å². The molecule has 0 unspecified atom stereocenters. The van der Waals surface area contributed by atoms with Crippen LogP contribution >= 0.6 is 24.0 Å². The highest BCUT2D eigenvalue weighted by Crippen LogP contribution is 2.32. The van der Waals surface area contributed by atoms with Gasteiger partial charge < -0.3 is 10.0 Å². The van der Waals surface area contributed by atoms with E-state index < -0.39 is 0 Å². The molecule has 0 aromatic heterocycles. The molecule has 1 aliphatic heterocycles. The number of para-hydroxylation sites is 1. The van der Waals surface area contributed by atoms with E-state index in [2.05, 4.69) is 0 Å². The zero-order valence-corrected chi connectivity index (χ0v) is 17.7. The summed E-state index contributed by atoms with van der Waals surface area (Å²) in [7, 11) is 0. The average Bonchev–Trinajstić information content (AvgIpc) is 2.99. The van der Waals surface area contributed by atoms with Crippen LogP contribution in [0.25, 0.3) is 6.08 Å². The molecule has 1 aliphatic rings. The van der Waals surface area contributed by atoms with Gasteiger partial charge in [-0.25, -0.2) is 0 Å².